The Kier molecular flexibility index (Phi) is 8.09. The standard InChI is InChI=1S/C34H40FN5O2/c1-20-23(22-17-27(35)26(32(18-22)42-3)19-39-29-11-6-12-31(29)41)7-4-8-24(20)25-9-5-10-28(21(25)2)40-34-33-30(13-14-38-34)36-15-16-37-33/h4-5,7-10,13-14,17-18,29,31,34,36-41H,6,11-12,15-16,19H2,1-3H3/t29-,31+,34?/m1/s1. The smallest absolute Gasteiger partial charge is 0.140 e. The third-order valence-electron chi connectivity index (χ3n) is 8.81. The average molecular weight is 570 g/mol. The summed E-state index contributed by atoms with van der Waals surface area (Å²) in [6, 6.07) is 16.0. The lowest BCUT2D eigenvalue weighted by Crippen LogP contribution is -2.48. The minimum Gasteiger partial charge on any atom is -0.496 e. The summed E-state index contributed by atoms with van der Waals surface area (Å²) in [4.78, 5) is 0. The van der Waals surface area contributed by atoms with E-state index in [4.69, 9.17) is 4.74 Å². The first-order valence-electron chi connectivity index (χ1n) is 14.8. The molecule has 3 aromatic rings. The predicted octanol–water partition coefficient (Wildman–Crippen LogP) is 5.05. The Bertz CT molecular complexity index is 1530. The van der Waals surface area contributed by atoms with Crippen LogP contribution in [0.2, 0.25) is 0 Å². The molecule has 1 unspecified atom stereocenters. The number of benzene rings is 3. The molecule has 2 aliphatic heterocycles. The van der Waals surface area contributed by atoms with Crippen molar-refractivity contribution in [2.45, 2.75) is 58.0 Å². The second-order valence-electron chi connectivity index (χ2n) is 11.3. The first kappa shape index (κ1) is 28.1. The Balaban J connectivity index is 1.29. The normalized spacial score (nSPS) is 21.3. The number of rotatable bonds is 8. The molecule has 0 amide bonds. The number of halogens is 1. The molecular weight excluding hydrogens is 529 g/mol. The van der Waals surface area contributed by atoms with Crippen LogP contribution in [0.4, 0.5) is 10.1 Å². The van der Waals surface area contributed by atoms with Crippen LogP contribution in [0.5, 0.6) is 5.75 Å². The number of aliphatic hydroxyl groups is 1. The van der Waals surface area contributed by atoms with E-state index in [1.54, 1.807) is 13.2 Å². The molecule has 6 rings (SSSR count). The van der Waals surface area contributed by atoms with E-state index in [2.05, 4.69) is 70.8 Å². The lowest BCUT2D eigenvalue weighted by molar-refractivity contribution is 0.148. The molecule has 1 saturated carbocycles. The molecule has 42 heavy (non-hydrogen) atoms. The van der Waals surface area contributed by atoms with Gasteiger partial charge in [0.25, 0.3) is 0 Å². The summed E-state index contributed by atoms with van der Waals surface area (Å²) in [5, 5.41) is 27.6. The molecule has 0 aromatic heterocycles. The van der Waals surface area contributed by atoms with Crippen molar-refractivity contribution < 1.29 is 14.2 Å². The predicted molar refractivity (Wildman–Crippen MR) is 167 cm³/mol. The van der Waals surface area contributed by atoms with Gasteiger partial charge in [0.15, 0.2) is 0 Å². The number of ether oxygens (including phenoxy) is 1. The summed E-state index contributed by atoms with van der Waals surface area (Å²) in [5.74, 6) is 0.190. The fourth-order valence-corrected chi connectivity index (χ4v) is 6.43. The summed E-state index contributed by atoms with van der Waals surface area (Å²) in [6.07, 6.45) is 6.23. The van der Waals surface area contributed by atoms with Gasteiger partial charge in [-0.15, -0.1) is 0 Å². The summed E-state index contributed by atoms with van der Waals surface area (Å²) in [6.45, 7) is 6.32. The van der Waals surface area contributed by atoms with E-state index in [-0.39, 0.29) is 24.1 Å². The zero-order valence-electron chi connectivity index (χ0n) is 24.5. The molecule has 0 saturated heterocycles. The van der Waals surface area contributed by atoms with E-state index in [1.807, 2.05) is 24.4 Å². The highest BCUT2D eigenvalue weighted by Crippen LogP contribution is 2.38. The number of anilines is 1. The van der Waals surface area contributed by atoms with Crippen molar-refractivity contribution in [3.63, 3.8) is 0 Å². The number of hydrogen-bond acceptors (Lipinski definition) is 7. The molecule has 220 valence electrons. The molecule has 3 aromatic carbocycles. The number of allylic oxidation sites excluding steroid dienone is 1. The summed E-state index contributed by atoms with van der Waals surface area (Å²) >= 11 is 0. The third-order valence-corrected chi connectivity index (χ3v) is 8.81. The molecular formula is C34H40FN5O2. The van der Waals surface area contributed by atoms with Crippen LogP contribution >= 0.6 is 0 Å². The minimum absolute atomic E-state index is 0.0130. The van der Waals surface area contributed by atoms with Crippen LogP contribution in [0.15, 0.2) is 72.2 Å². The Morgan fingerprint density at radius 1 is 0.976 bits per heavy atom. The topological polar surface area (TPSA) is 89.6 Å². The number of aliphatic hydroxyl groups excluding tert-OH is 1. The van der Waals surface area contributed by atoms with Gasteiger partial charge in [-0.25, -0.2) is 4.39 Å². The first-order chi connectivity index (χ1) is 20.4. The minimum atomic E-state index is -0.382. The molecule has 3 atom stereocenters. The Hall–Kier alpha value is -4.01. The SMILES string of the molecule is COc1cc(-c2cccc(-c3cccc(NC4NC=CC5=C4NCCN5)c3C)c2C)cc(F)c1CN[C@@H]1CCC[C@@H]1O. The van der Waals surface area contributed by atoms with Gasteiger partial charge >= 0.3 is 0 Å². The van der Waals surface area contributed by atoms with Crippen molar-refractivity contribution in [1.29, 1.82) is 0 Å². The van der Waals surface area contributed by atoms with Crippen LogP contribution in [-0.4, -0.2) is 43.6 Å². The molecule has 8 heteroatoms. The van der Waals surface area contributed by atoms with E-state index in [0.29, 0.717) is 17.9 Å². The molecule has 7 nitrogen and oxygen atoms in total. The van der Waals surface area contributed by atoms with Crippen molar-refractivity contribution >= 4 is 5.69 Å². The molecule has 6 N–H and O–H groups in total. The van der Waals surface area contributed by atoms with Gasteiger partial charge < -0.3 is 36.4 Å². The van der Waals surface area contributed by atoms with E-state index in [1.165, 1.54) is 0 Å². The summed E-state index contributed by atoms with van der Waals surface area (Å²) in [7, 11) is 1.58. The molecule has 0 bridgehead atoms. The zero-order valence-corrected chi connectivity index (χ0v) is 24.5. The van der Waals surface area contributed by atoms with Crippen LogP contribution in [0.25, 0.3) is 22.3 Å². The number of hydrogen-bond donors (Lipinski definition) is 6. The van der Waals surface area contributed by atoms with Crippen LogP contribution in [-0.2, 0) is 6.54 Å². The van der Waals surface area contributed by atoms with Crippen LogP contribution < -0.4 is 31.3 Å². The first-order valence-corrected chi connectivity index (χ1v) is 14.8. The van der Waals surface area contributed by atoms with E-state index in [0.717, 1.165) is 82.8 Å². The lowest BCUT2D eigenvalue weighted by atomic mass is 9.90. The van der Waals surface area contributed by atoms with Crippen LogP contribution in [0.3, 0.4) is 0 Å². The van der Waals surface area contributed by atoms with E-state index >= 15 is 4.39 Å². The van der Waals surface area contributed by atoms with Gasteiger partial charge in [-0.1, -0.05) is 30.3 Å². The molecule has 0 spiro atoms. The summed E-state index contributed by atoms with van der Waals surface area (Å²) in [5.41, 5.74) is 9.91. The van der Waals surface area contributed by atoms with Crippen LogP contribution in [0.1, 0.15) is 36.0 Å². The van der Waals surface area contributed by atoms with Gasteiger partial charge in [-0.05, 0) is 90.8 Å². The van der Waals surface area contributed by atoms with E-state index < -0.39 is 0 Å². The van der Waals surface area contributed by atoms with Gasteiger partial charge in [-0.2, -0.15) is 0 Å². The second-order valence-corrected chi connectivity index (χ2v) is 11.3. The van der Waals surface area contributed by atoms with Gasteiger partial charge in [0.1, 0.15) is 17.7 Å². The Morgan fingerprint density at radius 2 is 1.74 bits per heavy atom. The molecule has 1 aliphatic carbocycles. The zero-order chi connectivity index (χ0) is 29.2. The highest BCUT2D eigenvalue weighted by Gasteiger charge is 2.26. The average Bonchev–Trinajstić information content (AvgIpc) is 3.42. The lowest BCUT2D eigenvalue weighted by Gasteiger charge is -2.33. The largest absolute Gasteiger partial charge is 0.496 e. The number of nitrogens with one attached hydrogen (secondary N) is 5. The second kappa shape index (κ2) is 12.1. The van der Waals surface area contributed by atoms with Crippen molar-refractivity contribution in [2.75, 3.05) is 25.5 Å². The number of methoxy groups -OCH3 is 1. The third kappa shape index (κ3) is 5.44. The molecule has 0 radical (unpaired) electrons. The van der Waals surface area contributed by atoms with Crippen molar-refractivity contribution in [3.8, 4) is 28.0 Å². The van der Waals surface area contributed by atoms with Crippen molar-refractivity contribution in [3.05, 3.63) is 94.7 Å². The highest BCUT2D eigenvalue weighted by molar-refractivity contribution is 5.82. The number of dihydropyridines is 1. The van der Waals surface area contributed by atoms with Gasteiger partial charge in [0.2, 0.25) is 0 Å². The fourth-order valence-electron chi connectivity index (χ4n) is 6.43. The Labute approximate surface area is 247 Å². The molecule has 1 fully saturated rings. The maximum atomic E-state index is 15.6. The maximum absolute atomic E-state index is 15.6. The van der Waals surface area contributed by atoms with Crippen molar-refractivity contribution in [1.82, 2.24) is 21.3 Å². The maximum Gasteiger partial charge on any atom is 0.140 e. The van der Waals surface area contributed by atoms with E-state index in [9.17, 15) is 5.11 Å². The molecule has 3 aliphatic rings. The fraction of sp³-hybridized carbons (Fsp3) is 0.353. The van der Waals surface area contributed by atoms with Crippen molar-refractivity contribution in [2.24, 2.45) is 0 Å². The quantitative estimate of drug-likeness (QED) is 0.226. The molecule has 2 heterocycles. The van der Waals surface area contributed by atoms with Gasteiger partial charge in [0.05, 0.1) is 24.6 Å². The monoisotopic (exact) mass is 569 g/mol. The summed E-state index contributed by atoms with van der Waals surface area (Å²) < 4.78 is 21.2. The Morgan fingerprint density at radius 3 is 2.52 bits per heavy atom. The van der Waals surface area contributed by atoms with Crippen LogP contribution in [0, 0.1) is 19.7 Å². The van der Waals surface area contributed by atoms with Gasteiger partial charge in [-0.3, -0.25) is 0 Å². The highest BCUT2D eigenvalue weighted by atomic mass is 19.1. The van der Waals surface area contributed by atoms with Gasteiger partial charge in [0, 0.05) is 43.1 Å².